The second-order valence-electron chi connectivity index (χ2n) is 6.69. The SMILES string of the molecule is CCn1c(=O)c2sccc2n2c(CCCC(=O)Nc3ccc(OC)c(Cl)c3)nnc12. The van der Waals surface area contributed by atoms with Gasteiger partial charge in [-0.05, 0) is 43.0 Å². The molecule has 1 N–H and O–H groups in total. The molecule has 0 aliphatic rings. The number of anilines is 1. The number of amides is 1. The van der Waals surface area contributed by atoms with Crippen LogP contribution < -0.4 is 15.6 Å². The van der Waals surface area contributed by atoms with Crippen LogP contribution in [0, 0.1) is 0 Å². The number of carbonyl (C=O) groups excluding carboxylic acids is 1. The number of fused-ring (bicyclic) bond motifs is 3. The van der Waals surface area contributed by atoms with Gasteiger partial charge in [0.2, 0.25) is 11.7 Å². The Morgan fingerprint density at radius 2 is 2.13 bits per heavy atom. The van der Waals surface area contributed by atoms with Crippen LogP contribution in [0.3, 0.4) is 0 Å². The van der Waals surface area contributed by atoms with Gasteiger partial charge in [-0.2, -0.15) is 0 Å². The second kappa shape index (κ2) is 8.45. The summed E-state index contributed by atoms with van der Waals surface area (Å²) in [7, 11) is 1.54. The van der Waals surface area contributed by atoms with E-state index in [-0.39, 0.29) is 11.5 Å². The average molecular weight is 446 g/mol. The fourth-order valence-corrected chi connectivity index (χ4v) is 4.48. The van der Waals surface area contributed by atoms with E-state index in [2.05, 4.69) is 15.5 Å². The number of nitrogens with one attached hydrogen (secondary N) is 1. The fourth-order valence-electron chi connectivity index (χ4n) is 3.40. The Hall–Kier alpha value is -2.91. The maximum atomic E-state index is 12.6. The van der Waals surface area contributed by atoms with Crippen molar-refractivity contribution >= 4 is 50.5 Å². The van der Waals surface area contributed by atoms with E-state index in [9.17, 15) is 9.59 Å². The van der Waals surface area contributed by atoms with Crippen LogP contribution in [0.5, 0.6) is 5.75 Å². The lowest BCUT2D eigenvalue weighted by Crippen LogP contribution is -2.21. The number of aromatic nitrogens is 4. The number of methoxy groups -OCH3 is 1. The molecule has 0 saturated carbocycles. The Balaban J connectivity index is 1.48. The monoisotopic (exact) mass is 445 g/mol. The van der Waals surface area contributed by atoms with E-state index >= 15 is 0 Å². The Bertz CT molecular complexity index is 1290. The van der Waals surface area contributed by atoms with Gasteiger partial charge in [0.1, 0.15) is 16.3 Å². The molecule has 1 amide bonds. The first-order valence-corrected chi connectivity index (χ1v) is 10.8. The van der Waals surface area contributed by atoms with E-state index in [0.717, 1.165) is 11.3 Å². The lowest BCUT2D eigenvalue weighted by Gasteiger charge is -2.08. The number of nitrogens with zero attached hydrogens (tertiary/aromatic N) is 4. The maximum absolute atomic E-state index is 12.6. The zero-order valence-corrected chi connectivity index (χ0v) is 18.1. The summed E-state index contributed by atoms with van der Waals surface area (Å²) in [4.78, 5) is 24.9. The standard InChI is InChI=1S/C20H20ClN5O3S/c1-3-25-19(28)18-14(9-10-30-18)26-16(23-24-20(25)26)5-4-6-17(27)22-12-7-8-15(29-2)13(21)11-12/h7-11H,3-6H2,1-2H3,(H,22,27). The molecule has 3 heterocycles. The summed E-state index contributed by atoms with van der Waals surface area (Å²) in [6, 6.07) is 7.01. The van der Waals surface area contributed by atoms with Gasteiger partial charge in [0, 0.05) is 25.1 Å². The van der Waals surface area contributed by atoms with E-state index in [1.807, 2.05) is 22.8 Å². The van der Waals surface area contributed by atoms with E-state index in [1.54, 1.807) is 22.8 Å². The smallest absolute Gasteiger partial charge is 0.272 e. The number of aryl methyl sites for hydroxylation is 2. The fraction of sp³-hybridized carbons (Fsp3) is 0.300. The zero-order valence-electron chi connectivity index (χ0n) is 16.5. The molecule has 0 aliphatic carbocycles. The van der Waals surface area contributed by atoms with Gasteiger partial charge < -0.3 is 10.1 Å². The third-order valence-electron chi connectivity index (χ3n) is 4.84. The van der Waals surface area contributed by atoms with Crippen molar-refractivity contribution in [2.45, 2.75) is 32.7 Å². The molecule has 1 aromatic carbocycles. The number of rotatable bonds is 7. The van der Waals surface area contributed by atoms with Crippen molar-refractivity contribution < 1.29 is 9.53 Å². The summed E-state index contributed by atoms with van der Waals surface area (Å²) in [5, 5.41) is 13.7. The molecule has 0 bridgehead atoms. The van der Waals surface area contributed by atoms with Crippen molar-refractivity contribution in [1.29, 1.82) is 0 Å². The molecule has 0 unspecified atom stereocenters. The molecule has 30 heavy (non-hydrogen) atoms. The predicted octanol–water partition coefficient (Wildman–Crippen LogP) is 3.75. The van der Waals surface area contributed by atoms with Crippen LogP contribution in [0.1, 0.15) is 25.6 Å². The molecule has 0 radical (unpaired) electrons. The predicted molar refractivity (Wildman–Crippen MR) is 118 cm³/mol. The Kier molecular flexibility index (Phi) is 5.74. The van der Waals surface area contributed by atoms with Crippen molar-refractivity contribution in [2.24, 2.45) is 0 Å². The molecule has 4 aromatic rings. The third kappa shape index (κ3) is 3.66. The van der Waals surface area contributed by atoms with Crippen LogP contribution in [-0.2, 0) is 17.8 Å². The second-order valence-corrected chi connectivity index (χ2v) is 8.01. The minimum absolute atomic E-state index is 0.0496. The molecule has 0 spiro atoms. The van der Waals surface area contributed by atoms with Gasteiger partial charge in [0.15, 0.2) is 0 Å². The number of halogens is 1. The zero-order chi connectivity index (χ0) is 21.3. The van der Waals surface area contributed by atoms with E-state index < -0.39 is 0 Å². The van der Waals surface area contributed by atoms with Gasteiger partial charge in [0.25, 0.3) is 5.56 Å². The van der Waals surface area contributed by atoms with Crippen LogP contribution in [-0.4, -0.2) is 32.2 Å². The Morgan fingerprint density at radius 1 is 1.30 bits per heavy atom. The molecule has 8 nitrogen and oxygen atoms in total. The minimum Gasteiger partial charge on any atom is -0.495 e. The highest BCUT2D eigenvalue weighted by atomic mass is 35.5. The van der Waals surface area contributed by atoms with Crippen LogP contribution in [0.25, 0.3) is 16.0 Å². The molecule has 156 valence electrons. The first kappa shape index (κ1) is 20.4. The topological polar surface area (TPSA) is 90.5 Å². The highest BCUT2D eigenvalue weighted by Gasteiger charge is 2.16. The third-order valence-corrected chi connectivity index (χ3v) is 6.02. The summed E-state index contributed by atoms with van der Waals surface area (Å²) >= 11 is 7.51. The normalized spacial score (nSPS) is 11.3. The van der Waals surface area contributed by atoms with Crippen molar-refractivity contribution in [3.8, 4) is 5.75 Å². The molecule has 0 aliphatic heterocycles. The van der Waals surface area contributed by atoms with E-state index in [1.165, 1.54) is 18.4 Å². The van der Waals surface area contributed by atoms with Gasteiger partial charge in [0.05, 0.1) is 17.6 Å². The maximum Gasteiger partial charge on any atom is 0.272 e. The van der Waals surface area contributed by atoms with Gasteiger partial charge in [-0.25, -0.2) is 0 Å². The van der Waals surface area contributed by atoms with Crippen LogP contribution in [0.15, 0.2) is 34.4 Å². The number of carbonyl (C=O) groups is 1. The summed E-state index contributed by atoms with van der Waals surface area (Å²) < 4.78 is 9.33. The van der Waals surface area contributed by atoms with E-state index in [0.29, 0.717) is 52.7 Å². The van der Waals surface area contributed by atoms with Gasteiger partial charge in [-0.3, -0.25) is 18.6 Å². The lowest BCUT2D eigenvalue weighted by molar-refractivity contribution is -0.116. The van der Waals surface area contributed by atoms with E-state index in [4.69, 9.17) is 16.3 Å². The summed E-state index contributed by atoms with van der Waals surface area (Å²) in [5.41, 5.74) is 1.37. The first-order valence-electron chi connectivity index (χ1n) is 9.51. The van der Waals surface area contributed by atoms with Crippen LogP contribution in [0.4, 0.5) is 5.69 Å². The Labute approximate surface area is 181 Å². The van der Waals surface area contributed by atoms with Gasteiger partial charge in [-0.1, -0.05) is 11.6 Å². The largest absolute Gasteiger partial charge is 0.495 e. The minimum atomic E-state index is -0.115. The summed E-state index contributed by atoms with van der Waals surface area (Å²) in [6.45, 7) is 2.42. The molecule has 0 saturated heterocycles. The number of hydrogen-bond donors (Lipinski definition) is 1. The van der Waals surface area contributed by atoms with Gasteiger partial charge >= 0.3 is 0 Å². The van der Waals surface area contributed by atoms with Crippen molar-refractivity contribution in [3.05, 3.63) is 50.8 Å². The van der Waals surface area contributed by atoms with Crippen molar-refractivity contribution in [1.82, 2.24) is 19.2 Å². The molecule has 3 aromatic heterocycles. The van der Waals surface area contributed by atoms with Crippen molar-refractivity contribution in [3.63, 3.8) is 0 Å². The number of benzene rings is 1. The molecule has 4 rings (SSSR count). The first-order chi connectivity index (χ1) is 14.5. The quantitative estimate of drug-likeness (QED) is 0.468. The number of ether oxygens (including phenoxy) is 1. The molecule has 10 heteroatoms. The molecule has 0 atom stereocenters. The number of thiophene rings is 1. The highest BCUT2D eigenvalue weighted by Crippen LogP contribution is 2.27. The Morgan fingerprint density at radius 3 is 2.87 bits per heavy atom. The van der Waals surface area contributed by atoms with Gasteiger partial charge in [-0.15, -0.1) is 21.5 Å². The average Bonchev–Trinajstić information content (AvgIpc) is 3.36. The number of hydrogen-bond acceptors (Lipinski definition) is 6. The molecular formula is C20H20ClN5O3S. The highest BCUT2D eigenvalue weighted by molar-refractivity contribution is 7.17. The van der Waals surface area contributed by atoms with Crippen LogP contribution >= 0.6 is 22.9 Å². The molecular weight excluding hydrogens is 426 g/mol. The summed E-state index contributed by atoms with van der Waals surface area (Å²) in [5.74, 6) is 1.70. The lowest BCUT2D eigenvalue weighted by atomic mass is 10.2. The van der Waals surface area contributed by atoms with Crippen LogP contribution in [0.2, 0.25) is 5.02 Å². The molecule has 0 fully saturated rings. The van der Waals surface area contributed by atoms with Crippen molar-refractivity contribution in [2.75, 3.05) is 12.4 Å². The summed E-state index contributed by atoms with van der Waals surface area (Å²) in [6.07, 6.45) is 1.47.